The van der Waals surface area contributed by atoms with Gasteiger partial charge in [-0.1, -0.05) is 31.5 Å². The van der Waals surface area contributed by atoms with Crippen LogP contribution in [0.2, 0.25) is 5.15 Å². The molecule has 0 N–H and O–H groups in total. The predicted octanol–water partition coefficient (Wildman–Crippen LogP) is 3.60. The minimum Gasteiger partial charge on any atom is -0.296 e. The number of rotatable bonds is 5. The lowest BCUT2D eigenvalue weighted by molar-refractivity contribution is 0.189. The molecule has 1 aromatic heterocycles. The normalized spacial score (nSPS) is 11.8. The number of pyridine rings is 1. The van der Waals surface area contributed by atoms with Crippen molar-refractivity contribution in [1.82, 2.24) is 9.88 Å². The van der Waals surface area contributed by atoms with E-state index < -0.39 is 0 Å². The third kappa shape index (κ3) is 4.11. The van der Waals surface area contributed by atoms with E-state index in [1.165, 1.54) is 0 Å². The van der Waals surface area contributed by atoms with Crippen LogP contribution in [0, 0.1) is 5.92 Å². The van der Waals surface area contributed by atoms with Gasteiger partial charge in [0.2, 0.25) is 0 Å². The highest BCUT2D eigenvalue weighted by Crippen LogP contribution is 2.16. The summed E-state index contributed by atoms with van der Waals surface area (Å²) in [5.74, 6) is 0.665. The Morgan fingerprint density at radius 2 is 2.00 bits per heavy atom. The van der Waals surface area contributed by atoms with E-state index in [0.717, 1.165) is 18.7 Å². The molecule has 0 bridgehead atoms. The first kappa shape index (κ1) is 13.5. The molecule has 0 aliphatic carbocycles. The second-order valence-electron chi connectivity index (χ2n) is 4.87. The highest BCUT2D eigenvalue weighted by Gasteiger charge is 2.13. The Hall–Kier alpha value is -0.600. The van der Waals surface area contributed by atoms with Crippen LogP contribution in [0.15, 0.2) is 18.3 Å². The molecule has 0 radical (unpaired) electrons. The van der Waals surface area contributed by atoms with E-state index in [9.17, 15) is 0 Å². The van der Waals surface area contributed by atoms with Crippen molar-refractivity contribution in [2.24, 2.45) is 5.92 Å². The van der Waals surface area contributed by atoms with Crippen molar-refractivity contribution in [3.05, 3.63) is 29.0 Å². The molecule has 16 heavy (non-hydrogen) atoms. The summed E-state index contributed by atoms with van der Waals surface area (Å²) in [6, 6.07) is 4.51. The number of halogens is 1. The molecule has 2 nitrogen and oxygen atoms in total. The molecule has 0 atom stereocenters. The van der Waals surface area contributed by atoms with Gasteiger partial charge < -0.3 is 0 Å². The van der Waals surface area contributed by atoms with Gasteiger partial charge in [-0.15, -0.1) is 0 Å². The molecule has 0 aliphatic rings. The fraction of sp³-hybridized carbons (Fsp3) is 0.615. The lowest BCUT2D eigenvalue weighted by Crippen LogP contribution is -2.33. The summed E-state index contributed by atoms with van der Waals surface area (Å²) in [5.41, 5.74) is 1.11. The standard InChI is InChI=1S/C13H21ClN2/c1-10(2)8-16(11(3)4)9-12-6-5-7-15-13(12)14/h5-7,10-11H,8-9H2,1-4H3. The minimum absolute atomic E-state index is 0.527. The van der Waals surface area contributed by atoms with Crippen LogP contribution in [0.1, 0.15) is 33.3 Å². The maximum atomic E-state index is 6.07. The Balaban J connectivity index is 2.72. The highest BCUT2D eigenvalue weighted by molar-refractivity contribution is 6.30. The van der Waals surface area contributed by atoms with Gasteiger partial charge in [0.1, 0.15) is 5.15 Å². The lowest BCUT2D eigenvalue weighted by Gasteiger charge is -2.28. The zero-order valence-corrected chi connectivity index (χ0v) is 11.3. The van der Waals surface area contributed by atoms with Crippen molar-refractivity contribution in [2.75, 3.05) is 6.54 Å². The zero-order valence-electron chi connectivity index (χ0n) is 10.6. The Morgan fingerprint density at radius 1 is 1.31 bits per heavy atom. The molecule has 0 aromatic carbocycles. The van der Waals surface area contributed by atoms with Crippen LogP contribution in [0.25, 0.3) is 0 Å². The van der Waals surface area contributed by atoms with E-state index in [1.54, 1.807) is 6.20 Å². The van der Waals surface area contributed by atoms with E-state index in [4.69, 9.17) is 11.6 Å². The number of hydrogen-bond donors (Lipinski definition) is 0. The number of aromatic nitrogens is 1. The molecular formula is C13H21ClN2. The Bertz CT molecular complexity index is 323. The molecule has 90 valence electrons. The van der Waals surface area contributed by atoms with Crippen LogP contribution in [0.5, 0.6) is 0 Å². The average Bonchev–Trinajstić information content (AvgIpc) is 2.19. The summed E-state index contributed by atoms with van der Waals surface area (Å²) in [5, 5.41) is 0.622. The number of nitrogens with zero attached hydrogens (tertiary/aromatic N) is 2. The van der Waals surface area contributed by atoms with Crippen molar-refractivity contribution in [3.63, 3.8) is 0 Å². The fourth-order valence-electron chi connectivity index (χ4n) is 1.68. The minimum atomic E-state index is 0.527. The molecule has 0 saturated carbocycles. The van der Waals surface area contributed by atoms with Crippen LogP contribution >= 0.6 is 11.6 Å². The molecule has 1 aromatic rings. The molecule has 0 spiro atoms. The van der Waals surface area contributed by atoms with Gasteiger partial charge in [0.15, 0.2) is 0 Å². The molecule has 1 heterocycles. The molecular weight excluding hydrogens is 220 g/mol. The Morgan fingerprint density at radius 3 is 2.50 bits per heavy atom. The maximum absolute atomic E-state index is 6.07. The summed E-state index contributed by atoms with van der Waals surface area (Å²) in [6.07, 6.45) is 1.73. The topological polar surface area (TPSA) is 16.1 Å². The molecule has 0 fully saturated rings. The quantitative estimate of drug-likeness (QED) is 0.731. The van der Waals surface area contributed by atoms with Crippen LogP contribution in [0.4, 0.5) is 0 Å². The van der Waals surface area contributed by atoms with E-state index in [-0.39, 0.29) is 0 Å². The fourth-order valence-corrected chi connectivity index (χ4v) is 1.86. The van der Waals surface area contributed by atoms with Crippen LogP contribution in [-0.2, 0) is 6.54 Å². The molecule has 3 heteroatoms. The summed E-state index contributed by atoms with van der Waals surface area (Å²) in [7, 11) is 0. The first-order valence-electron chi connectivity index (χ1n) is 5.84. The second-order valence-corrected chi connectivity index (χ2v) is 5.23. The van der Waals surface area contributed by atoms with Crippen molar-refractivity contribution >= 4 is 11.6 Å². The van der Waals surface area contributed by atoms with E-state index in [0.29, 0.717) is 17.1 Å². The van der Waals surface area contributed by atoms with E-state index in [2.05, 4.69) is 37.6 Å². The monoisotopic (exact) mass is 240 g/mol. The first-order valence-corrected chi connectivity index (χ1v) is 6.22. The van der Waals surface area contributed by atoms with Gasteiger partial charge in [0, 0.05) is 30.9 Å². The van der Waals surface area contributed by atoms with Crippen LogP contribution < -0.4 is 0 Å². The molecule has 0 unspecified atom stereocenters. The SMILES string of the molecule is CC(C)CN(Cc1cccnc1Cl)C(C)C. The van der Waals surface area contributed by atoms with Crippen molar-refractivity contribution in [1.29, 1.82) is 0 Å². The van der Waals surface area contributed by atoms with Gasteiger partial charge >= 0.3 is 0 Å². The summed E-state index contributed by atoms with van der Waals surface area (Å²) in [4.78, 5) is 6.53. The van der Waals surface area contributed by atoms with Gasteiger partial charge in [0.25, 0.3) is 0 Å². The summed E-state index contributed by atoms with van der Waals surface area (Å²) < 4.78 is 0. The maximum Gasteiger partial charge on any atom is 0.133 e. The van der Waals surface area contributed by atoms with Crippen molar-refractivity contribution in [2.45, 2.75) is 40.3 Å². The average molecular weight is 241 g/mol. The van der Waals surface area contributed by atoms with Gasteiger partial charge in [-0.2, -0.15) is 0 Å². The van der Waals surface area contributed by atoms with Gasteiger partial charge in [-0.05, 0) is 25.8 Å². The zero-order chi connectivity index (χ0) is 12.1. The highest BCUT2D eigenvalue weighted by atomic mass is 35.5. The van der Waals surface area contributed by atoms with Gasteiger partial charge in [0.05, 0.1) is 0 Å². The largest absolute Gasteiger partial charge is 0.296 e. The van der Waals surface area contributed by atoms with Crippen LogP contribution in [0.3, 0.4) is 0 Å². The first-order chi connectivity index (χ1) is 7.50. The van der Waals surface area contributed by atoms with E-state index >= 15 is 0 Å². The smallest absolute Gasteiger partial charge is 0.133 e. The summed E-state index contributed by atoms with van der Waals surface area (Å²) >= 11 is 6.07. The van der Waals surface area contributed by atoms with E-state index in [1.807, 2.05) is 12.1 Å². The van der Waals surface area contributed by atoms with Gasteiger partial charge in [-0.25, -0.2) is 4.98 Å². The second kappa shape index (κ2) is 6.21. The third-order valence-electron chi connectivity index (χ3n) is 2.54. The molecule has 1 rings (SSSR count). The molecule has 0 saturated heterocycles. The number of hydrogen-bond acceptors (Lipinski definition) is 2. The Labute approximate surface area is 104 Å². The molecule has 0 amide bonds. The summed E-state index contributed by atoms with van der Waals surface area (Å²) in [6.45, 7) is 10.9. The van der Waals surface area contributed by atoms with Gasteiger partial charge in [-0.3, -0.25) is 4.90 Å². The predicted molar refractivity (Wildman–Crippen MR) is 69.6 cm³/mol. The lowest BCUT2D eigenvalue weighted by atomic mass is 10.1. The third-order valence-corrected chi connectivity index (χ3v) is 2.88. The Kier molecular flexibility index (Phi) is 5.23. The van der Waals surface area contributed by atoms with Crippen molar-refractivity contribution < 1.29 is 0 Å². The van der Waals surface area contributed by atoms with Crippen molar-refractivity contribution in [3.8, 4) is 0 Å². The molecule has 0 aliphatic heterocycles. The van der Waals surface area contributed by atoms with Crippen LogP contribution in [-0.4, -0.2) is 22.5 Å².